The summed E-state index contributed by atoms with van der Waals surface area (Å²) in [6.07, 6.45) is 1.77. The minimum atomic E-state index is -0.998. The molecular formula is C20H18N2O5S. The van der Waals surface area contributed by atoms with Gasteiger partial charge in [0.25, 0.3) is 5.91 Å². The molecule has 144 valence electrons. The van der Waals surface area contributed by atoms with Crippen LogP contribution in [0.2, 0.25) is 0 Å². The van der Waals surface area contributed by atoms with Crippen molar-refractivity contribution in [1.82, 2.24) is 4.90 Å². The van der Waals surface area contributed by atoms with Crippen molar-refractivity contribution in [3.63, 3.8) is 0 Å². The molecule has 1 aliphatic heterocycles. The van der Waals surface area contributed by atoms with Gasteiger partial charge >= 0.3 is 5.97 Å². The van der Waals surface area contributed by atoms with Crippen LogP contribution in [0.3, 0.4) is 0 Å². The van der Waals surface area contributed by atoms with Crippen molar-refractivity contribution in [2.45, 2.75) is 0 Å². The number of aliphatic imine (C=N–C) groups is 1. The minimum absolute atomic E-state index is 0.166. The highest BCUT2D eigenvalue weighted by atomic mass is 32.2. The highest BCUT2D eigenvalue weighted by Gasteiger charge is 2.30. The quantitative estimate of drug-likeness (QED) is 0.774. The molecule has 0 bridgehead atoms. The second-order valence-electron chi connectivity index (χ2n) is 5.84. The molecular weight excluding hydrogens is 380 g/mol. The third-order valence-electron chi connectivity index (χ3n) is 4.05. The van der Waals surface area contributed by atoms with Gasteiger partial charge in [-0.25, -0.2) is 9.79 Å². The molecule has 0 radical (unpaired) electrons. The summed E-state index contributed by atoms with van der Waals surface area (Å²) >= 11 is 1.25. The molecule has 0 atom stereocenters. The number of methoxy groups -OCH3 is 2. The van der Waals surface area contributed by atoms with Gasteiger partial charge in [0.1, 0.15) is 0 Å². The number of carbonyl (C=O) groups is 2. The Morgan fingerprint density at radius 3 is 2.39 bits per heavy atom. The molecule has 0 aliphatic carbocycles. The standard InChI is InChI=1S/C20H18N2O5S/c1-22-18(23)17(11-12-4-9-15(26-2)16(10-12)27-3)28-20(22)21-14-7-5-13(6-8-14)19(24)25/h4-11H,1-3H3,(H,24,25). The van der Waals surface area contributed by atoms with Gasteiger partial charge in [-0.2, -0.15) is 0 Å². The van der Waals surface area contributed by atoms with Gasteiger partial charge < -0.3 is 14.6 Å². The third kappa shape index (κ3) is 4.01. The summed E-state index contributed by atoms with van der Waals surface area (Å²) in [7, 11) is 4.76. The fraction of sp³-hybridized carbons (Fsp3) is 0.150. The summed E-state index contributed by atoms with van der Waals surface area (Å²) < 4.78 is 10.5. The monoisotopic (exact) mass is 398 g/mol. The molecule has 7 nitrogen and oxygen atoms in total. The first-order valence-corrected chi connectivity index (χ1v) is 9.06. The van der Waals surface area contributed by atoms with Crippen LogP contribution in [0, 0.1) is 0 Å². The second-order valence-corrected chi connectivity index (χ2v) is 6.84. The summed E-state index contributed by atoms with van der Waals surface area (Å²) in [6, 6.07) is 11.6. The lowest BCUT2D eigenvalue weighted by Gasteiger charge is -2.08. The molecule has 0 spiro atoms. The molecule has 28 heavy (non-hydrogen) atoms. The maximum atomic E-state index is 12.6. The van der Waals surface area contributed by atoms with Crippen LogP contribution in [0.4, 0.5) is 5.69 Å². The molecule has 1 heterocycles. The first kappa shape index (κ1) is 19.5. The van der Waals surface area contributed by atoms with Crippen LogP contribution < -0.4 is 9.47 Å². The molecule has 1 N–H and O–H groups in total. The van der Waals surface area contributed by atoms with Crippen LogP contribution in [0.5, 0.6) is 11.5 Å². The van der Waals surface area contributed by atoms with Gasteiger partial charge in [0.15, 0.2) is 16.7 Å². The second kappa shape index (κ2) is 8.18. The molecule has 8 heteroatoms. The first-order chi connectivity index (χ1) is 13.4. The van der Waals surface area contributed by atoms with Crippen molar-refractivity contribution in [2.75, 3.05) is 21.3 Å². The van der Waals surface area contributed by atoms with Crippen LogP contribution in [0.1, 0.15) is 15.9 Å². The first-order valence-electron chi connectivity index (χ1n) is 8.24. The Hall–Kier alpha value is -3.26. The molecule has 0 unspecified atom stereocenters. The van der Waals surface area contributed by atoms with Gasteiger partial charge in [0.05, 0.1) is 30.4 Å². The molecule has 1 amide bonds. The van der Waals surface area contributed by atoms with E-state index in [1.54, 1.807) is 51.6 Å². The fourth-order valence-corrected chi connectivity index (χ4v) is 3.52. The highest BCUT2D eigenvalue weighted by molar-refractivity contribution is 8.18. The van der Waals surface area contributed by atoms with Crippen LogP contribution in [0.15, 0.2) is 52.4 Å². The lowest BCUT2D eigenvalue weighted by Crippen LogP contribution is -2.23. The van der Waals surface area contributed by atoms with Gasteiger partial charge in [-0.1, -0.05) is 6.07 Å². The van der Waals surface area contributed by atoms with Gasteiger partial charge in [-0.15, -0.1) is 0 Å². The fourth-order valence-electron chi connectivity index (χ4n) is 2.53. The largest absolute Gasteiger partial charge is 0.493 e. The van der Waals surface area contributed by atoms with E-state index in [-0.39, 0.29) is 11.5 Å². The van der Waals surface area contributed by atoms with E-state index < -0.39 is 5.97 Å². The predicted octanol–water partition coefficient (Wildman–Crippen LogP) is 3.64. The summed E-state index contributed by atoms with van der Waals surface area (Å²) in [5, 5.41) is 9.48. The number of nitrogens with zero attached hydrogens (tertiary/aromatic N) is 2. The number of hydrogen-bond donors (Lipinski definition) is 1. The number of hydrogen-bond acceptors (Lipinski definition) is 6. The molecule has 1 aliphatic rings. The van der Waals surface area contributed by atoms with Gasteiger partial charge in [-0.05, 0) is 59.8 Å². The molecule has 1 saturated heterocycles. The zero-order valence-electron chi connectivity index (χ0n) is 15.5. The number of thioether (sulfide) groups is 1. The van der Waals surface area contributed by atoms with E-state index in [0.29, 0.717) is 27.3 Å². The molecule has 1 fully saturated rings. The number of benzene rings is 2. The summed E-state index contributed by atoms with van der Waals surface area (Å²) in [4.78, 5) is 29.9. The molecule has 3 rings (SSSR count). The average molecular weight is 398 g/mol. The number of carboxylic acid groups (broad SMARTS) is 1. The zero-order chi connectivity index (χ0) is 20.3. The number of ether oxygens (including phenoxy) is 2. The highest BCUT2D eigenvalue weighted by Crippen LogP contribution is 2.35. The van der Waals surface area contributed by atoms with Crippen molar-refractivity contribution in [3.05, 3.63) is 58.5 Å². The summed E-state index contributed by atoms with van der Waals surface area (Å²) in [6.45, 7) is 0. The van der Waals surface area contributed by atoms with E-state index in [2.05, 4.69) is 4.99 Å². The van der Waals surface area contributed by atoms with E-state index in [0.717, 1.165) is 5.56 Å². The number of aromatic carboxylic acids is 1. The summed E-state index contributed by atoms with van der Waals surface area (Å²) in [5.41, 5.74) is 1.55. The normalized spacial score (nSPS) is 16.7. The van der Waals surface area contributed by atoms with E-state index in [1.807, 2.05) is 6.07 Å². The van der Waals surface area contributed by atoms with Crippen LogP contribution in [0.25, 0.3) is 6.08 Å². The lowest BCUT2D eigenvalue weighted by molar-refractivity contribution is -0.121. The number of rotatable bonds is 5. The SMILES string of the molecule is COc1ccc(C=C2SC(=Nc3ccc(C(=O)O)cc3)N(C)C2=O)cc1OC. The predicted molar refractivity (Wildman–Crippen MR) is 108 cm³/mol. The van der Waals surface area contributed by atoms with Crippen molar-refractivity contribution < 1.29 is 24.2 Å². The number of carbonyl (C=O) groups excluding carboxylic acids is 1. The van der Waals surface area contributed by atoms with Crippen molar-refractivity contribution in [1.29, 1.82) is 0 Å². The maximum Gasteiger partial charge on any atom is 0.335 e. The van der Waals surface area contributed by atoms with E-state index in [1.165, 1.54) is 28.8 Å². The van der Waals surface area contributed by atoms with Gasteiger partial charge in [0.2, 0.25) is 0 Å². The molecule has 0 saturated carbocycles. The zero-order valence-corrected chi connectivity index (χ0v) is 16.3. The van der Waals surface area contributed by atoms with E-state index in [9.17, 15) is 9.59 Å². The smallest absolute Gasteiger partial charge is 0.335 e. The topological polar surface area (TPSA) is 88.4 Å². The Morgan fingerprint density at radius 2 is 1.79 bits per heavy atom. The average Bonchev–Trinajstić information content (AvgIpc) is 2.96. The Balaban J connectivity index is 1.86. The Morgan fingerprint density at radius 1 is 1.11 bits per heavy atom. The number of amidine groups is 1. The van der Waals surface area contributed by atoms with Gasteiger partial charge in [-0.3, -0.25) is 9.69 Å². The Bertz CT molecular complexity index is 983. The van der Waals surface area contributed by atoms with Crippen molar-refractivity contribution in [2.24, 2.45) is 4.99 Å². The summed E-state index contributed by atoms with van der Waals surface area (Å²) in [5.74, 6) is 0.0230. The van der Waals surface area contributed by atoms with Crippen LogP contribution in [-0.4, -0.2) is 48.3 Å². The van der Waals surface area contributed by atoms with Crippen molar-refractivity contribution in [3.8, 4) is 11.5 Å². The van der Waals surface area contributed by atoms with E-state index >= 15 is 0 Å². The lowest BCUT2D eigenvalue weighted by atomic mass is 10.2. The molecule has 2 aromatic rings. The van der Waals surface area contributed by atoms with E-state index in [4.69, 9.17) is 14.6 Å². The van der Waals surface area contributed by atoms with Crippen LogP contribution >= 0.6 is 11.8 Å². The number of carboxylic acids is 1. The Labute approximate surface area is 166 Å². The Kier molecular flexibility index (Phi) is 5.70. The maximum absolute atomic E-state index is 12.6. The number of likely N-dealkylation sites (N-methyl/N-ethyl adjacent to an activating group) is 1. The van der Waals surface area contributed by atoms with Gasteiger partial charge in [0, 0.05) is 7.05 Å². The van der Waals surface area contributed by atoms with Crippen LogP contribution in [-0.2, 0) is 4.79 Å². The third-order valence-corrected chi connectivity index (χ3v) is 5.11. The van der Waals surface area contributed by atoms with Crippen molar-refractivity contribution >= 4 is 40.6 Å². The minimum Gasteiger partial charge on any atom is -0.493 e. The molecule has 2 aromatic carbocycles. The number of amides is 1. The molecule has 0 aromatic heterocycles.